The molecule has 0 bridgehead atoms. The molecule has 126 valence electrons. The summed E-state index contributed by atoms with van der Waals surface area (Å²) in [6.07, 6.45) is 1.53. The van der Waals surface area contributed by atoms with E-state index in [0.29, 0.717) is 10.7 Å². The molecule has 0 aliphatic rings. The number of primary amides is 1. The van der Waals surface area contributed by atoms with E-state index in [1.54, 1.807) is 36.4 Å². The summed E-state index contributed by atoms with van der Waals surface area (Å²) in [5.74, 6) is -0.00115. The van der Waals surface area contributed by atoms with Crippen molar-refractivity contribution in [1.82, 2.24) is 10.2 Å². The molecule has 2 aromatic carbocycles. The van der Waals surface area contributed by atoms with E-state index in [0.717, 1.165) is 5.56 Å². The first-order valence-electron chi connectivity index (χ1n) is 7.27. The molecule has 0 radical (unpaired) electrons. The van der Waals surface area contributed by atoms with Gasteiger partial charge in [0.05, 0.1) is 0 Å². The largest absolute Gasteiger partial charge is 0.508 e. The Hall–Kier alpha value is -3.32. The molecule has 1 aromatic heterocycles. The number of nitrogens with zero attached hydrogens (tertiary/aromatic N) is 2. The van der Waals surface area contributed by atoms with Gasteiger partial charge in [-0.15, -0.1) is 0 Å². The third-order valence-corrected chi connectivity index (χ3v) is 3.59. The number of phenolic OH excluding ortho intramolecular Hbond substituents is 1. The highest BCUT2D eigenvalue weighted by Crippen LogP contribution is 2.26. The average Bonchev–Trinajstić information content (AvgIpc) is 2.99. The number of benzene rings is 2. The Morgan fingerprint density at radius 3 is 2.52 bits per heavy atom. The smallest absolute Gasteiger partial charge is 0.256 e. The topological polar surface area (TPSA) is 116 Å². The monoisotopic (exact) mass is 355 g/mol. The van der Waals surface area contributed by atoms with Crippen LogP contribution in [0, 0.1) is 0 Å². The number of amides is 1. The van der Waals surface area contributed by atoms with E-state index in [2.05, 4.69) is 20.5 Å². The minimum atomic E-state index is -0.664. The van der Waals surface area contributed by atoms with Gasteiger partial charge in [-0.2, -0.15) is 5.10 Å². The Kier molecular flexibility index (Phi) is 4.67. The van der Waals surface area contributed by atoms with Crippen LogP contribution in [0.4, 0.5) is 17.3 Å². The minimum Gasteiger partial charge on any atom is -0.508 e. The number of halogens is 1. The van der Waals surface area contributed by atoms with E-state index in [4.69, 9.17) is 17.3 Å². The molecule has 5 N–H and O–H groups in total. The number of rotatable bonds is 5. The number of aromatic amines is 1. The van der Waals surface area contributed by atoms with Gasteiger partial charge in [0.2, 0.25) is 0 Å². The Balaban J connectivity index is 1.87. The highest BCUT2D eigenvalue weighted by molar-refractivity contribution is 6.30. The lowest BCUT2D eigenvalue weighted by Crippen LogP contribution is -2.12. The molecular formula is C17H14ClN5O2. The highest BCUT2D eigenvalue weighted by Gasteiger charge is 2.18. The molecule has 0 aliphatic carbocycles. The normalized spacial score (nSPS) is 10.9. The summed E-state index contributed by atoms with van der Waals surface area (Å²) in [5, 5.41) is 19.6. The van der Waals surface area contributed by atoms with Crippen molar-refractivity contribution in [3.05, 3.63) is 64.7 Å². The number of nitrogens with one attached hydrogen (secondary N) is 2. The van der Waals surface area contributed by atoms with Crippen LogP contribution in [-0.4, -0.2) is 27.4 Å². The van der Waals surface area contributed by atoms with Crippen molar-refractivity contribution in [2.24, 2.45) is 10.7 Å². The third-order valence-electron chi connectivity index (χ3n) is 3.34. The molecule has 0 unspecified atom stereocenters. The number of nitrogens with two attached hydrogens (primary N) is 1. The number of hydrogen-bond donors (Lipinski definition) is 4. The Morgan fingerprint density at radius 2 is 1.88 bits per heavy atom. The second kappa shape index (κ2) is 7.06. The maximum Gasteiger partial charge on any atom is 0.256 e. The molecule has 7 nitrogen and oxygen atoms in total. The van der Waals surface area contributed by atoms with Gasteiger partial charge in [-0.1, -0.05) is 11.6 Å². The predicted octanol–water partition coefficient (Wildman–Crippen LogP) is 3.36. The summed E-state index contributed by atoms with van der Waals surface area (Å²) < 4.78 is 0. The van der Waals surface area contributed by atoms with Crippen LogP contribution in [0.3, 0.4) is 0 Å². The van der Waals surface area contributed by atoms with Crippen molar-refractivity contribution in [1.29, 1.82) is 0 Å². The highest BCUT2D eigenvalue weighted by atomic mass is 35.5. The number of anilines is 2. The molecule has 0 saturated carbocycles. The van der Waals surface area contributed by atoms with Crippen LogP contribution in [0.5, 0.6) is 5.75 Å². The molecule has 8 heteroatoms. The zero-order valence-electron chi connectivity index (χ0n) is 12.9. The number of carbonyl (C=O) groups excluding carboxylic acids is 1. The van der Waals surface area contributed by atoms with Gasteiger partial charge in [0.15, 0.2) is 11.6 Å². The van der Waals surface area contributed by atoms with Gasteiger partial charge in [-0.05, 0) is 54.1 Å². The molecule has 3 aromatic rings. The molecule has 3 rings (SSSR count). The maximum absolute atomic E-state index is 11.8. The molecule has 0 atom stereocenters. The van der Waals surface area contributed by atoms with E-state index in [-0.39, 0.29) is 22.9 Å². The van der Waals surface area contributed by atoms with Crippen LogP contribution in [0.1, 0.15) is 15.9 Å². The molecule has 0 aliphatic heterocycles. The summed E-state index contributed by atoms with van der Waals surface area (Å²) in [4.78, 5) is 16.0. The number of H-pyrrole nitrogens is 1. The number of phenols is 1. The second-order valence-electron chi connectivity index (χ2n) is 5.14. The zero-order chi connectivity index (χ0) is 17.8. The fourth-order valence-electron chi connectivity index (χ4n) is 2.12. The minimum absolute atomic E-state index is 0.143. The van der Waals surface area contributed by atoms with Crippen molar-refractivity contribution in [3.8, 4) is 5.75 Å². The predicted molar refractivity (Wildman–Crippen MR) is 97.2 cm³/mol. The van der Waals surface area contributed by atoms with Crippen LogP contribution in [0.2, 0.25) is 5.02 Å². The lowest BCUT2D eigenvalue weighted by Gasteiger charge is -2.04. The van der Waals surface area contributed by atoms with Gasteiger partial charge in [-0.25, -0.2) is 4.99 Å². The molecular weight excluding hydrogens is 342 g/mol. The first-order valence-corrected chi connectivity index (χ1v) is 7.64. The summed E-state index contributed by atoms with van der Waals surface area (Å²) in [6.45, 7) is 0. The van der Waals surface area contributed by atoms with Crippen molar-refractivity contribution in [2.45, 2.75) is 0 Å². The lowest BCUT2D eigenvalue weighted by atomic mass is 10.2. The van der Waals surface area contributed by atoms with Crippen LogP contribution >= 0.6 is 11.6 Å². The van der Waals surface area contributed by atoms with E-state index >= 15 is 0 Å². The van der Waals surface area contributed by atoms with Gasteiger partial charge >= 0.3 is 0 Å². The third kappa shape index (κ3) is 3.96. The lowest BCUT2D eigenvalue weighted by molar-refractivity contribution is 0.100. The number of aromatic nitrogens is 2. The van der Waals surface area contributed by atoms with Crippen LogP contribution in [0.25, 0.3) is 0 Å². The van der Waals surface area contributed by atoms with Gasteiger partial charge in [0, 0.05) is 16.9 Å². The molecule has 0 spiro atoms. The van der Waals surface area contributed by atoms with Crippen LogP contribution in [0.15, 0.2) is 53.5 Å². The SMILES string of the molecule is NC(=O)c1c(Nc2ccc(Cl)cc2)n[nH]c1/N=C/c1ccc(O)cc1. The number of aliphatic imine (C=N–C) groups is 1. The fourth-order valence-corrected chi connectivity index (χ4v) is 2.25. The van der Waals surface area contributed by atoms with Gasteiger partial charge < -0.3 is 16.2 Å². The van der Waals surface area contributed by atoms with Gasteiger partial charge in [0.25, 0.3) is 5.91 Å². The molecule has 1 amide bonds. The molecule has 0 saturated heterocycles. The zero-order valence-corrected chi connectivity index (χ0v) is 13.7. The Labute approximate surface area is 148 Å². The van der Waals surface area contributed by atoms with E-state index in [9.17, 15) is 9.90 Å². The first-order chi connectivity index (χ1) is 12.0. The van der Waals surface area contributed by atoms with Crippen LogP contribution < -0.4 is 11.1 Å². The number of carbonyl (C=O) groups is 1. The second-order valence-corrected chi connectivity index (χ2v) is 5.58. The summed E-state index contributed by atoms with van der Waals surface area (Å²) in [5.41, 5.74) is 7.05. The standard InChI is InChI=1S/C17H14ClN5O2/c18-11-3-5-12(6-4-11)21-17-14(15(19)25)16(22-23-17)20-9-10-1-7-13(24)8-2-10/h1-9,24H,(H2,19,25)(H2,21,22,23)/b20-9+. The molecule has 0 fully saturated rings. The summed E-state index contributed by atoms with van der Waals surface area (Å²) in [6, 6.07) is 13.4. The van der Waals surface area contributed by atoms with E-state index in [1.165, 1.54) is 18.3 Å². The van der Waals surface area contributed by atoms with Crippen LogP contribution in [-0.2, 0) is 0 Å². The number of hydrogen-bond acceptors (Lipinski definition) is 5. The Morgan fingerprint density at radius 1 is 1.20 bits per heavy atom. The average molecular weight is 356 g/mol. The molecule has 1 heterocycles. The van der Waals surface area contributed by atoms with Crippen molar-refractivity contribution < 1.29 is 9.90 Å². The van der Waals surface area contributed by atoms with E-state index in [1.807, 2.05) is 0 Å². The van der Waals surface area contributed by atoms with Crippen molar-refractivity contribution in [3.63, 3.8) is 0 Å². The van der Waals surface area contributed by atoms with Gasteiger partial charge in [0.1, 0.15) is 11.3 Å². The fraction of sp³-hybridized carbons (Fsp3) is 0. The summed E-state index contributed by atoms with van der Waals surface area (Å²) in [7, 11) is 0. The molecule has 25 heavy (non-hydrogen) atoms. The Bertz CT molecular complexity index is 917. The van der Waals surface area contributed by atoms with Gasteiger partial charge in [-0.3, -0.25) is 9.89 Å². The maximum atomic E-state index is 11.8. The van der Waals surface area contributed by atoms with Crippen molar-refractivity contribution >= 4 is 41.0 Å². The first kappa shape index (κ1) is 16.5. The van der Waals surface area contributed by atoms with Crippen molar-refractivity contribution in [2.75, 3.05) is 5.32 Å². The van der Waals surface area contributed by atoms with E-state index < -0.39 is 5.91 Å². The quantitative estimate of drug-likeness (QED) is 0.525. The number of aromatic hydroxyl groups is 1. The summed E-state index contributed by atoms with van der Waals surface area (Å²) >= 11 is 5.85.